The molecule has 3 fully saturated rings. The number of aryl methyl sites for hydroxylation is 3. The van der Waals surface area contributed by atoms with E-state index in [1.807, 2.05) is 92.9 Å². The van der Waals surface area contributed by atoms with Crippen LogP contribution in [0.25, 0.3) is 83.9 Å². The normalized spacial score (nSPS) is 16.6. The fourth-order valence-corrected chi connectivity index (χ4v) is 20.7. The van der Waals surface area contributed by atoms with Gasteiger partial charge in [-0.2, -0.15) is 15.8 Å². The first-order valence-electron chi connectivity index (χ1n) is 43.9. The van der Waals surface area contributed by atoms with Crippen LogP contribution in [0.2, 0.25) is 40.2 Å². The Morgan fingerprint density at radius 3 is 0.915 bits per heavy atom. The SMILES string of the molecule is C=CC(=O)N1[C@H](C)CN(c2c(C#N)c(=O)n(-c3c(C)ccnc3C(C)C)c3nc(-c4c(F)c(Cl)c(F)c(N)c4Cl)c(Cl)cc23)C[C@@H]1C.C=CC(=O)N1[C@H](C)CN(c2c(C#N)c(=O)n(-c3c(C)ccnc3C(C)C)c3nc(-c4c(F)c(N)c(F)c(Cl)c4Cl)c(Cl)cc23)C[C@@H]1C.C=CC(=O)N1[C@H](C)CN(c2c(C#N)c(=O)n(-c3c(C)ccnc3C(C)C)c3nc(-c4c(F)c(N)c(F)c(F)c4Cl)c(Cl)cc23)C[C@@H]1C. The zero-order chi connectivity index (χ0) is 104. The molecule has 3 aromatic carbocycles. The Morgan fingerprint density at radius 2 is 0.645 bits per heavy atom. The maximum Gasteiger partial charge on any atom is 0.276 e. The van der Waals surface area contributed by atoms with Gasteiger partial charge in [-0.05, 0) is 151 Å². The van der Waals surface area contributed by atoms with E-state index in [1.165, 1.54) is 50.1 Å². The molecule has 0 unspecified atom stereocenters. The lowest BCUT2D eigenvalue weighted by Crippen LogP contribution is -2.58. The van der Waals surface area contributed by atoms with Gasteiger partial charge in [0.2, 0.25) is 17.7 Å². The number of aromatic nitrogens is 9. The van der Waals surface area contributed by atoms with Crippen LogP contribution < -0.4 is 48.6 Å². The lowest BCUT2D eigenvalue weighted by atomic mass is 10.0. The Bertz CT molecular complexity index is 6860. The molecule has 0 radical (unpaired) electrons. The summed E-state index contributed by atoms with van der Waals surface area (Å²) < 4.78 is 109. The second kappa shape index (κ2) is 41.2. The third kappa shape index (κ3) is 18.3. The van der Waals surface area contributed by atoms with Crippen molar-refractivity contribution in [3.05, 3.63) is 255 Å². The van der Waals surface area contributed by atoms with Gasteiger partial charge in [-0.25, -0.2) is 45.7 Å². The van der Waals surface area contributed by atoms with E-state index < -0.39 is 122 Å². The number of nitrogen functional groups attached to an aromatic ring is 3. The Balaban J connectivity index is 0.000000178. The van der Waals surface area contributed by atoms with Gasteiger partial charge in [-0.15, -0.1) is 0 Å². The molecule has 27 nitrogen and oxygen atoms in total. The summed E-state index contributed by atoms with van der Waals surface area (Å²) in [5.41, 5.74) is 14.3. The fourth-order valence-electron chi connectivity index (χ4n) is 18.8. The monoisotopic (exact) mass is 2080 g/mol. The molecule has 12 aromatic rings. The first-order valence-corrected chi connectivity index (χ1v) is 46.9. The molecule has 3 amide bonds. The van der Waals surface area contributed by atoms with Crippen LogP contribution in [0.1, 0.15) is 151 Å². The summed E-state index contributed by atoms with van der Waals surface area (Å²) in [6.07, 6.45) is 8.52. The largest absolute Gasteiger partial charge is 0.395 e. The third-order valence-electron chi connectivity index (χ3n) is 24.9. The average molecular weight is 2090 g/mol. The summed E-state index contributed by atoms with van der Waals surface area (Å²) in [5, 5.41) is 28.3. The van der Waals surface area contributed by atoms with Crippen molar-refractivity contribution in [1.29, 1.82) is 15.8 Å². The molecule has 12 heterocycles. The highest BCUT2D eigenvalue weighted by Crippen LogP contribution is 2.50. The molecule has 141 heavy (non-hydrogen) atoms. The summed E-state index contributed by atoms with van der Waals surface area (Å²) in [5.74, 6) is -10.9. The first-order chi connectivity index (χ1) is 66.5. The number of nitriles is 3. The molecule has 6 atom stereocenters. The molecule has 3 aliphatic rings. The number of rotatable bonds is 15. The molecule has 15 rings (SSSR count). The van der Waals surface area contributed by atoms with Crippen LogP contribution in [0.15, 0.2) is 107 Å². The predicted molar refractivity (Wildman–Crippen MR) is 540 cm³/mol. The van der Waals surface area contributed by atoms with Crippen LogP contribution in [-0.4, -0.2) is 152 Å². The van der Waals surface area contributed by atoms with Gasteiger partial charge in [0, 0.05) is 110 Å². The highest BCUT2D eigenvalue weighted by atomic mass is 35.5. The summed E-state index contributed by atoms with van der Waals surface area (Å²) in [6, 6.07) is 13.6. The van der Waals surface area contributed by atoms with Crippen LogP contribution >= 0.6 is 92.8 Å². The molecule has 3 aliphatic heterocycles. The number of pyridine rings is 9. The van der Waals surface area contributed by atoms with Crippen LogP contribution in [0.3, 0.4) is 0 Å². The minimum Gasteiger partial charge on any atom is -0.395 e. The van der Waals surface area contributed by atoms with Gasteiger partial charge >= 0.3 is 0 Å². The van der Waals surface area contributed by atoms with E-state index >= 15 is 13.2 Å². The molecule has 0 spiro atoms. The molecular weight excluding hydrogens is 2000 g/mol. The zero-order valence-corrected chi connectivity index (χ0v) is 84.4. The highest BCUT2D eigenvalue weighted by molar-refractivity contribution is 6.45. The van der Waals surface area contributed by atoms with Gasteiger partial charge in [0.05, 0.1) is 126 Å². The lowest BCUT2D eigenvalue weighted by molar-refractivity contribution is -0.131. The number of nitrogens with zero attached hydrogens (tertiary/aromatic N) is 18. The molecule has 6 N–H and O–H groups in total. The van der Waals surface area contributed by atoms with Gasteiger partial charge < -0.3 is 46.6 Å². The fraction of sp³-hybridized carbons (Fsp3) is 0.303. The standard InChI is InChI=1S/2C33H30Cl3F2N7O2.C33H30Cl2F3N7O2/c1-7-21(46)44-16(5)12-43(13-17(44)6)31-18-10-20(34)29(22-23(35)27(40)26(38)24(36)25(22)37)42-32(18)45(33(47)19(31)11-39)30-15(4)8-9-41-28(30)14(2)3;1-7-21(46)44-16(5)12-43(13-17(44)6)31-18-10-20(34)29(22-23(35)24(36)26(38)27(40)25(22)37)42-32(18)45(33(47)19(31)11-39)30-15(4)8-9-41-28(30)14(2)3;1-7-21(46)44-16(5)12-43(13-17(44)6)31-18-10-20(34)29(22-23(35)25(37)26(38)27(40)24(22)36)42-32(18)45(33(47)19(31)11-39)30-15(4)8-9-41-28(30)14(2)3/h3*7-10,14,16-17H,1,12-13,40H2,2-6H3/t3*16-,17+. The van der Waals surface area contributed by atoms with E-state index in [0.717, 1.165) is 0 Å². The number of anilines is 6. The summed E-state index contributed by atoms with van der Waals surface area (Å²) in [6.45, 7) is 40.0. The minimum atomic E-state index is -1.67. The van der Waals surface area contributed by atoms with Crippen molar-refractivity contribution >= 4 is 178 Å². The van der Waals surface area contributed by atoms with Crippen LogP contribution in [0, 0.1) is 95.5 Å². The number of carbonyl (C=O) groups is 3. The number of benzene rings is 3. The Morgan fingerprint density at radius 1 is 0.383 bits per heavy atom. The summed E-state index contributed by atoms with van der Waals surface area (Å²) in [4.78, 5) is 120. The van der Waals surface area contributed by atoms with Crippen molar-refractivity contribution in [3.8, 4) is 69.0 Å². The van der Waals surface area contributed by atoms with Crippen molar-refractivity contribution in [1.82, 2.24) is 58.3 Å². The van der Waals surface area contributed by atoms with E-state index in [4.69, 9.17) is 120 Å². The molecule has 732 valence electrons. The lowest BCUT2D eigenvalue weighted by Gasteiger charge is -2.45. The van der Waals surface area contributed by atoms with Gasteiger partial charge in [-0.1, -0.05) is 154 Å². The number of fused-ring (bicyclic) bond motifs is 3. The maximum atomic E-state index is 15.6. The van der Waals surface area contributed by atoms with Gasteiger partial charge in [0.15, 0.2) is 40.7 Å². The van der Waals surface area contributed by atoms with Gasteiger partial charge in [0.25, 0.3) is 16.7 Å². The van der Waals surface area contributed by atoms with Crippen molar-refractivity contribution in [2.75, 3.05) is 71.2 Å². The summed E-state index contributed by atoms with van der Waals surface area (Å²) in [7, 11) is 0. The third-order valence-corrected chi connectivity index (χ3v) is 27.7. The molecule has 0 aliphatic carbocycles. The van der Waals surface area contributed by atoms with Crippen LogP contribution in [-0.2, 0) is 14.4 Å². The smallest absolute Gasteiger partial charge is 0.276 e. The van der Waals surface area contributed by atoms with E-state index in [-0.39, 0.29) is 204 Å². The van der Waals surface area contributed by atoms with Crippen molar-refractivity contribution in [3.63, 3.8) is 0 Å². The molecule has 0 saturated carbocycles. The second-order valence-corrected chi connectivity index (χ2v) is 38.5. The molecule has 3 saturated heterocycles. The molecule has 9 aromatic heterocycles. The topological polar surface area (TPSA) is 363 Å². The number of halogens is 15. The average Bonchev–Trinajstić information content (AvgIpc) is 0.725. The number of piperazine rings is 3. The van der Waals surface area contributed by atoms with Crippen molar-refractivity contribution in [2.45, 2.75) is 158 Å². The van der Waals surface area contributed by atoms with E-state index in [1.54, 1.807) is 77.2 Å². The number of nitrogens with two attached hydrogens (primary N) is 3. The van der Waals surface area contributed by atoms with E-state index in [2.05, 4.69) is 57.9 Å². The Labute approximate surface area is 844 Å². The van der Waals surface area contributed by atoms with Crippen LogP contribution in [0.5, 0.6) is 0 Å². The molecule has 0 bridgehead atoms. The Hall–Kier alpha value is -13.1. The number of amides is 3. The maximum absolute atomic E-state index is 15.6. The van der Waals surface area contributed by atoms with E-state index in [9.17, 15) is 62.1 Å². The number of hydrogen-bond acceptors (Lipinski definition) is 21. The van der Waals surface area contributed by atoms with E-state index in [0.29, 0.717) is 50.8 Å². The molecule has 42 heteroatoms. The number of hydrogen-bond donors (Lipinski definition) is 3. The van der Waals surface area contributed by atoms with Crippen molar-refractivity contribution < 1.29 is 45.1 Å². The first kappa shape index (κ1) is 105. The zero-order valence-electron chi connectivity index (χ0n) is 78.4. The predicted octanol–water partition coefficient (Wildman–Crippen LogP) is 21.0. The van der Waals surface area contributed by atoms with Gasteiger partial charge in [-0.3, -0.25) is 57.4 Å². The highest BCUT2D eigenvalue weighted by Gasteiger charge is 2.42. The second-order valence-electron chi connectivity index (χ2n) is 35.3. The summed E-state index contributed by atoms with van der Waals surface area (Å²) >= 11 is 51.2. The Kier molecular flexibility index (Phi) is 30.8. The minimum absolute atomic E-state index is 0.000731. The van der Waals surface area contributed by atoms with Gasteiger partial charge in [0.1, 0.15) is 68.2 Å². The quantitative estimate of drug-likeness (QED) is 0.0282. The molecular formula is C99H90Cl8F7N21O6. The van der Waals surface area contributed by atoms with Crippen molar-refractivity contribution in [2.24, 2.45) is 0 Å². The van der Waals surface area contributed by atoms with Crippen LogP contribution in [0.4, 0.5) is 64.9 Å². The number of carbonyl (C=O) groups excluding carboxylic acids is 3.